The first kappa shape index (κ1) is 22.7. The van der Waals surface area contributed by atoms with Gasteiger partial charge in [0.1, 0.15) is 11.5 Å². The second-order valence-corrected chi connectivity index (χ2v) is 9.88. The number of aliphatic hydroxyl groups excluding tert-OH is 1. The minimum atomic E-state index is -3.60. The number of fused-ring (bicyclic) bond motifs is 1. The maximum absolute atomic E-state index is 12.7. The SMILES string of the molecule is CCOP(=O)(OCC)[C@H](O)Cc1ccc2sc(C(=O)OCc3ccccc3)cc2c1. The molecule has 0 bridgehead atoms. The van der Waals surface area contributed by atoms with Crippen molar-refractivity contribution in [1.82, 2.24) is 0 Å². The number of carbonyl (C=O) groups excluding carboxylic acids is 1. The smallest absolute Gasteiger partial charge is 0.359 e. The fourth-order valence-electron chi connectivity index (χ4n) is 3.01. The van der Waals surface area contributed by atoms with Crippen LogP contribution in [0.5, 0.6) is 0 Å². The molecule has 0 unspecified atom stereocenters. The highest BCUT2D eigenvalue weighted by molar-refractivity contribution is 7.54. The highest BCUT2D eigenvalue weighted by Gasteiger charge is 2.34. The van der Waals surface area contributed by atoms with Crippen LogP contribution in [-0.4, -0.2) is 30.1 Å². The molecule has 2 aromatic carbocycles. The lowest BCUT2D eigenvalue weighted by atomic mass is 10.1. The van der Waals surface area contributed by atoms with Crippen molar-refractivity contribution in [2.45, 2.75) is 32.7 Å². The number of thiophene rings is 1. The number of aliphatic hydroxyl groups is 1. The van der Waals surface area contributed by atoms with Crippen LogP contribution in [-0.2, 0) is 31.4 Å². The summed E-state index contributed by atoms with van der Waals surface area (Å²) in [5.74, 6) is -1.64. The molecule has 0 aliphatic rings. The van der Waals surface area contributed by atoms with Gasteiger partial charge in [0.15, 0.2) is 5.85 Å². The summed E-state index contributed by atoms with van der Waals surface area (Å²) in [5.41, 5.74) is 1.70. The van der Waals surface area contributed by atoms with Crippen LogP contribution < -0.4 is 0 Å². The van der Waals surface area contributed by atoms with Crippen LogP contribution in [0.4, 0.5) is 0 Å². The van der Waals surface area contributed by atoms with E-state index in [1.54, 1.807) is 19.9 Å². The second kappa shape index (κ2) is 10.3. The molecule has 1 heterocycles. The Balaban J connectivity index is 1.70. The normalized spacial score (nSPS) is 12.8. The number of rotatable bonds is 10. The minimum Gasteiger partial charge on any atom is -0.457 e. The van der Waals surface area contributed by atoms with Gasteiger partial charge >= 0.3 is 13.6 Å². The van der Waals surface area contributed by atoms with Crippen LogP contribution >= 0.6 is 18.9 Å². The Morgan fingerprint density at radius 2 is 1.73 bits per heavy atom. The molecule has 30 heavy (non-hydrogen) atoms. The third kappa shape index (κ3) is 5.56. The van der Waals surface area contributed by atoms with Gasteiger partial charge in [0, 0.05) is 11.1 Å². The Morgan fingerprint density at radius 3 is 2.40 bits per heavy atom. The lowest BCUT2D eigenvalue weighted by molar-refractivity contribution is 0.0478. The van der Waals surface area contributed by atoms with Crippen LogP contribution in [0.3, 0.4) is 0 Å². The molecular weight excluding hydrogens is 423 g/mol. The van der Waals surface area contributed by atoms with Gasteiger partial charge < -0.3 is 18.9 Å². The fraction of sp³-hybridized carbons (Fsp3) is 0.318. The van der Waals surface area contributed by atoms with Gasteiger partial charge in [-0.1, -0.05) is 42.5 Å². The lowest BCUT2D eigenvalue weighted by Crippen LogP contribution is -2.15. The summed E-state index contributed by atoms with van der Waals surface area (Å²) in [6, 6.07) is 16.9. The first-order valence-electron chi connectivity index (χ1n) is 9.75. The summed E-state index contributed by atoms with van der Waals surface area (Å²) in [6.07, 6.45) is 0.122. The predicted molar refractivity (Wildman–Crippen MR) is 118 cm³/mol. The average molecular weight is 448 g/mol. The molecule has 0 amide bonds. The van der Waals surface area contributed by atoms with Crippen LogP contribution in [0.25, 0.3) is 10.1 Å². The van der Waals surface area contributed by atoms with Crippen LogP contribution in [0.2, 0.25) is 0 Å². The van der Waals surface area contributed by atoms with Crippen molar-refractivity contribution in [1.29, 1.82) is 0 Å². The molecule has 0 aliphatic carbocycles. The van der Waals surface area contributed by atoms with Gasteiger partial charge in [0.25, 0.3) is 0 Å². The van der Waals surface area contributed by atoms with E-state index in [2.05, 4.69) is 0 Å². The molecule has 8 heteroatoms. The molecule has 0 aliphatic heterocycles. The molecule has 6 nitrogen and oxygen atoms in total. The molecule has 0 saturated heterocycles. The lowest BCUT2D eigenvalue weighted by Gasteiger charge is -2.22. The monoisotopic (exact) mass is 448 g/mol. The molecule has 160 valence electrons. The number of benzene rings is 2. The van der Waals surface area contributed by atoms with E-state index < -0.39 is 13.4 Å². The summed E-state index contributed by atoms with van der Waals surface area (Å²) in [5, 5.41) is 11.3. The first-order chi connectivity index (χ1) is 14.4. The van der Waals surface area contributed by atoms with E-state index in [0.717, 1.165) is 21.2 Å². The quantitative estimate of drug-likeness (QED) is 0.331. The van der Waals surface area contributed by atoms with Gasteiger partial charge in [-0.25, -0.2) is 4.79 Å². The van der Waals surface area contributed by atoms with E-state index in [4.69, 9.17) is 13.8 Å². The maximum atomic E-state index is 12.7. The average Bonchev–Trinajstić information content (AvgIpc) is 3.16. The van der Waals surface area contributed by atoms with Crippen LogP contribution in [0.15, 0.2) is 54.6 Å². The van der Waals surface area contributed by atoms with Crippen LogP contribution in [0, 0.1) is 0 Å². The van der Waals surface area contributed by atoms with Crippen molar-refractivity contribution in [3.05, 3.63) is 70.6 Å². The molecule has 0 radical (unpaired) electrons. The fourth-order valence-corrected chi connectivity index (χ4v) is 5.52. The number of hydrogen-bond acceptors (Lipinski definition) is 7. The van der Waals surface area contributed by atoms with Crippen molar-refractivity contribution in [2.75, 3.05) is 13.2 Å². The summed E-state index contributed by atoms with van der Waals surface area (Å²) in [4.78, 5) is 12.9. The summed E-state index contributed by atoms with van der Waals surface area (Å²) < 4.78 is 29.5. The predicted octanol–water partition coefficient (Wildman–Crippen LogP) is 5.39. The molecule has 0 fully saturated rings. The molecule has 0 spiro atoms. The van der Waals surface area contributed by atoms with E-state index in [1.807, 2.05) is 48.5 Å². The van der Waals surface area contributed by atoms with Crippen LogP contribution in [0.1, 0.15) is 34.6 Å². The Hall–Kier alpha value is -2.02. The van der Waals surface area contributed by atoms with Gasteiger partial charge in [0.05, 0.1) is 13.2 Å². The van der Waals surface area contributed by atoms with E-state index in [0.29, 0.717) is 4.88 Å². The highest BCUT2D eigenvalue weighted by Crippen LogP contribution is 2.52. The Morgan fingerprint density at radius 1 is 1.03 bits per heavy atom. The van der Waals surface area contributed by atoms with Crippen molar-refractivity contribution in [3.63, 3.8) is 0 Å². The Bertz CT molecular complexity index is 1020. The summed E-state index contributed by atoms with van der Waals surface area (Å²) >= 11 is 1.35. The zero-order valence-corrected chi connectivity index (χ0v) is 18.7. The minimum absolute atomic E-state index is 0.122. The molecule has 1 N–H and O–H groups in total. The van der Waals surface area contributed by atoms with Crippen molar-refractivity contribution in [3.8, 4) is 0 Å². The van der Waals surface area contributed by atoms with E-state index in [1.165, 1.54) is 11.3 Å². The summed E-state index contributed by atoms with van der Waals surface area (Å²) in [6.45, 7) is 4.00. The van der Waals surface area contributed by atoms with Gasteiger partial charge in [-0.05, 0) is 42.5 Å². The molecule has 0 saturated carbocycles. The Labute approximate surface area is 179 Å². The third-order valence-corrected chi connectivity index (χ3v) is 7.64. The summed E-state index contributed by atoms with van der Waals surface area (Å²) in [7, 11) is -3.60. The zero-order chi connectivity index (χ0) is 21.6. The van der Waals surface area contributed by atoms with Crippen molar-refractivity contribution in [2.24, 2.45) is 0 Å². The van der Waals surface area contributed by atoms with Crippen molar-refractivity contribution < 1.29 is 28.3 Å². The third-order valence-electron chi connectivity index (χ3n) is 4.40. The van der Waals surface area contributed by atoms with Crippen molar-refractivity contribution >= 4 is 35.0 Å². The molecular formula is C22H25O6PS. The zero-order valence-electron chi connectivity index (χ0n) is 16.9. The number of hydrogen-bond donors (Lipinski definition) is 1. The van der Waals surface area contributed by atoms with Gasteiger partial charge in [-0.15, -0.1) is 11.3 Å². The van der Waals surface area contributed by atoms with E-state index in [9.17, 15) is 14.5 Å². The maximum Gasteiger partial charge on any atom is 0.359 e. The molecule has 1 atom stereocenters. The standard InChI is InChI=1S/C22H25O6PS/c1-3-27-29(25,28-4-2)21(23)13-17-10-11-19-18(12-17)14-20(30-19)22(24)26-15-16-8-6-5-7-9-16/h5-12,14,21,23H,3-4,13,15H2,1-2H3/t21-/m0/s1. The Kier molecular flexibility index (Phi) is 7.81. The molecule has 3 rings (SSSR count). The number of carbonyl (C=O) groups is 1. The number of ether oxygens (including phenoxy) is 1. The van der Waals surface area contributed by atoms with Gasteiger partial charge in [-0.2, -0.15) is 0 Å². The molecule has 1 aromatic heterocycles. The largest absolute Gasteiger partial charge is 0.457 e. The highest BCUT2D eigenvalue weighted by atomic mass is 32.1. The first-order valence-corrected chi connectivity index (χ1v) is 12.2. The van der Waals surface area contributed by atoms with Gasteiger partial charge in [-0.3, -0.25) is 4.57 Å². The second-order valence-electron chi connectivity index (χ2n) is 6.60. The number of esters is 1. The molecule has 3 aromatic rings. The van der Waals surface area contributed by atoms with Gasteiger partial charge in [0.2, 0.25) is 0 Å². The van der Waals surface area contributed by atoms with E-state index in [-0.39, 0.29) is 32.2 Å². The topological polar surface area (TPSA) is 82.1 Å². The van der Waals surface area contributed by atoms with E-state index >= 15 is 0 Å².